The Morgan fingerprint density at radius 1 is 1.62 bits per heavy atom. The van der Waals surface area contributed by atoms with Gasteiger partial charge in [-0.05, 0) is 30.0 Å². The second-order valence-corrected chi connectivity index (χ2v) is 4.96. The Kier molecular flexibility index (Phi) is 3.96. The summed E-state index contributed by atoms with van der Waals surface area (Å²) in [5.74, 6) is 0. The predicted octanol–water partition coefficient (Wildman–Crippen LogP) is 2.78. The largest absolute Gasteiger partial charge is 0.281 e. The maximum atomic E-state index is 11.4. The van der Waals surface area contributed by atoms with E-state index in [1.807, 2.05) is 5.38 Å². The molecule has 1 rings (SSSR count). The highest BCUT2D eigenvalue weighted by molar-refractivity contribution is 8.15. The van der Waals surface area contributed by atoms with Gasteiger partial charge in [0.1, 0.15) is 0 Å². The Labute approximate surface area is 89.3 Å². The smallest absolute Gasteiger partial charge is 0.234 e. The predicted molar refractivity (Wildman–Crippen MR) is 56.6 cm³/mol. The van der Waals surface area contributed by atoms with Gasteiger partial charge in [0.05, 0.1) is 10.1 Å². The van der Waals surface area contributed by atoms with Crippen molar-refractivity contribution in [1.82, 2.24) is 0 Å². The highest BCUT2D eigenvalue weighted by Crippen LogP contribution is 2.22. The van der Waals surface area contributed by atoms with Gasteiger partial charge in [0, 0.05) is 0 Å². The van der Waals surface area contributed by atoms with E-state index in [4.69, 9.17) is 11.6 Å². The third-order valence-corrected chi connectivity index (χ3v) is 3.78. The number of carbonyl (C=O) groups is 2. The number of hydrogen-bond donors (Lipinski definition) is 0. The van der Waals surface area contributed by atoms with Gasteiger partial charge in [0.2, 0.25) is 10.4 Å². The van der Waals surface area contributed by atoms with Crippen LogP contribution >= 0.6 is 34.7 Å². The van der Waals surface area contributed by atoms with E-state index in [9.17, 15) is 9.59 Å². The topological polar surface area (TPSA) is 34.1 Å². The van der Waals surface area contributed by atoms with E-state index in [-0.39, 0.29) is 5.12 Å². The van der Waals surface area contributed by atoms with Crippen LogP contribution in [-0.2, 0) is 4.79 Å². The fourth-order valence-corrected chi connectivity index (χ4v) is 2.24. The molecular weight excluding hydrogens is 228 g/mol. The Bertz CT molecular complexity index is 308. The molecule has 1 aromatic rings. The first-order valence-corrected chi connectivity index (χ1v) is 5.69. The van der Waals surface area contributed by atoms with Crippen molar-refractivity contribution >= 4 is 45.1 Å². The quantitative estimate of drug-likeness (QED) is 0.755. The van der Waals surface area contributed by atoms with E-state index in [2.05, 4.69) is 0 Å². The molecule has 0 fully saturated rings. The third-order valence-electron chi connectivity index (χ3n) is 1.33. The Morgan fingerprint density at radius 2 is 2.31 bits per heavy atom. The minimum atomic E-state index is -0.491. The molecular formula is C8H7ClO2S2. The molecule has 0 saturated carbocycles. The molecule has 1 aromatic heterocycles. The molecule has 1 unspecified atom stereocenters. The van der Waals surface area contributed by atoms with E-state index in [0.717, 1.165) is 11.8 Å². The van der Waals surface area contributed by atoms with Crippen molar-refractivity contribution in [3.8, 4) is 0 Å². The maximum absolute atomic E-state index is 11.4. The first-order chi connectivity index (χ1) is 6.11. The lowest BCUT2D eigenvalue weighted by atomic mass is 10.5. The minimum Gasteiger partial charge on any atom is -0.281 e. The zero-order chi connectivity index (χ0) is 9.84. The molecule has 1 heterocycles. The van der Waals surface area contributed by atoms with Gasteiger partial charge in [-0.3, -0.25) is 9.59 Å². The average molecular weight is 235 g/mol. The summed E-state index contributed by atoms with van der Waals surface area (Å²) in [6.07, 6.45) is 0. The number of carbonyl (C=O) groups excluding carboxylic acids is 2. The van der Waals surface area contributed by atoms with Crippen LogP contribution in [0.4, 0.5) is 0 Å². The molecule has 0 spiro atoms. The maximum Gasteiger partial charge on any atom is 0.234 e. The van der Waals surface area contributed by atoms with Gasteiger partial charge < -0.3 is 0 Å². The molecule has 0 saturated heterocycles. The number of thioether (sulfide) groups is 1. The summed E-state index contributed by atoms with van der Waals surface area (Å²) in [6, 6.07) is 3.52. The molecule has 13 heavy (non-hydrogen) atoms. The Balaban J connectivity index is 2.56. The lowest BCUT2D eigenvalue weighted by Crippen LogP contribution is -2.08. The zero-order valence-electron chi connectivity index (χ0n) is 6.82. The number of halogens is 1. The minimum absolute atomic E-state index is 0.100. The second kappa shape index (κ2) is 4.79. The molecule has 0 bridgehead atoms. The first-order valence-electron chi connectivity index (χ1n) is 3.55. The van der Waals surface area contributed by atoms with Crippen LogP contribution in [0.25, 0.3) is 0 Å². The Hall–Kier alpha value is -0.320. The van der Waals surface area contributed by atoms with E-state index in [1.54, 1.807) is 19.1 Å². The highest BCUT2D eigenvalue weighted by atomic mass is 35.5. The lowest BCUT2D eigenvalue weighted by molar-refractivity contribution is -0.111. The fraction of sp³-hybridized carbons (Fsp3) is 0.250. The van der Waals surface area contributed by atoms with Crippen molar-refractivity contribution in [2.45, 2.75) is 12.2 Å². The molecule has 1 atom stereocenters. The fourth-order valence-electron chi connectivity index (χ4n) is 0.660. The first kappa shape index (κ1) is 10.8. The molecule has 5 heteroatoms. The van der Waals surface area contributed by atoms with E-state index >= 15 is 0 Å². The summed E-state index contributed by atoms with van der Waals surface area (Å²) in [5.41, 5.74) is 0. The molecule has 0 aliphatic rings. The average Bonchev–Trinajstić information content (AvgIpc) is 2.55. The SMILES string of the molecule is CC(SC(=O)c1cccs1)C(=O)Cl. The molecule has 0 aromatic carbocycles. The Morgan fingerprint density at radius 3 is 2.77 bits per heavy atom. The van der Waals surface area contributed by atoms with Gasteiger partial charge in [0.15, 0.2) is 0 Å². The summed E-state index contributed by atoms with van der Waals surface area (Å²) < 4.78 is 0. The van der Waals surface area contributed by atoms with Gasteiger partial charge in [0.25, 0.3) is 0 Å². The molecule has 0 aliphatic carbocycles. The molecule has 0 radical (unpaired) electrons. The summed E-state index contributed by atoms with van der Waals surface area (Å²) in [4.78, 5) is 22.7. The van der Waals surface area contributed by atoms with Crippen LogP contribution in [0.5, 0.6) is 0 Å². The summed E-state index contributed by atoms with van der Waals surface area (Å²) in [7, 11) is 0. The van der Waals surface area contributed by atoms with E-state index in [1.165, 1.54) is 11.3 Å². The van der Waals surface area contributed by atoms with Gasteiger partial charge in [-0.2, -0.15) is 0 Å². The van der Waals surface area contributed by atoms with E-state index in [0.29, 0.717) is 4.88 Å². The van der Waals surface area contributed by atoms with Gasteiger partial charge in [-0.1, -0.05) is 17.8 Å². The van der Waals surface area contributed by atoms with Crippen molar-refractivity contribution < 1.29 is 9.59 Å². The van der Waals surface area contributed by atoms with Crippen molar-refractivity contribution in [3.63, 3.8) is 0 Å². The van der Waals surface area contributed by atoms with Gasteiger partial charge >= 0.3 is 0 Å². The van der Waals surface area contributed by atoms with Crippen LogP contribution < -0.4 is 0 Å². The second-order valence-electron chi connectivity index (χ2n) is 2.33. The number of hydrogen-bond acceptors (Lipinski definition) is 4. The number of thiophene rings is 1. The van der Waals surface area contributed by atoms with Gasteiger partial charge in [-0.25, -0.2) is 0 Å². The molecule has 0 amide bonds. The van der Waals surface area contributed by atoms with Crippen molar-refractivity contribution in [1.29, 1.82) is 0 Å². The summed E-state index contributed by atoms with van der Waals surface area (Å²) in [5, 5.41) is 0.753. The van der Waals surface area contributed by atoms with Crippen LogP contribution in [-0.4, -0.2) is 15.6 Å². The van der Waals surface area contributed by atoms with Crippen LogP contribution in [0.1, 0.15) is 16.6 Å². The highest BCUT2D eigenvalue weighted by Gasteiger charge is 2.17. The summed E-state index contributed by atoms with van der Waals surface area (Å²) >= 11 is 7.54. The molecule has 0 aliphatic heterocycles. The van der Waals surface area contributed by atoms with Crippen molar-refractivity contribution in [2.75, 3.05) is 0 Å². The van der Waals surface area contributed by atoms with Crippen LogP contribution in [0, 0.1) is 0 Å². The van der Waals surface area contributed by atoms with Crippen LogP contribution in [0.2, 0.25) is 0 Å². The van der Waals surface area contributed by atoms with E-state index < -0.39 is 10.5 Å². The molecule has 0 N–H and O–H groups in total. The number of rotatable bonds is 3. The van der Waals surface area contributed by atoms with Crippen molar-refractivity contribution in [2.24, 2.45) is 0 Å². The van der Waals surface area contributed by atoms with Gasteiger partial charge in [-0.15, -0.1) is 11.3 Å². The standard InChI is InChI=1S/C8H7ClO2S2/c1-5(7(9)10)13-8(11)6-3-2-4-12-6/h2-5H,1H3. The summed E-state index contributed by atoms with van der Waals surface area (Å²) in [6.45, 7) is 1.62. The molecule has 70 valence electrons. The molecule has 2 nitrogen and oxygen atoms in total. The monoisotopic (exact) mass is 234 g/mol. The van der Waals surface area contributed by atoms with Crippen LogP contribution in [0.3, 0.4) is 0 Å². The normalized spacial score (nSPS) is 12.5. The van der Waals surface area contributed by atoms with Crippen molar-refractivity contribution in [3.05, 3.63) is 22.4 Å². The lowest BCUT2D eigenvalue weighted by Gasteiger charge is -2.01. The third kappa shape index (κ3) is 3.14. The zero-order valence-corrected chi connectivity index (χ0v) is 9.21. The van der Waals surface area contributed by atoms with Crippen LogP contribution in [0.15, 0.2) is 17.5 Å².